The molecule has 3 N–H and O–H groups in total. The summed E-state index contributed by atoms with van der Waals surface area (Å²) in [5, 5.41) is 2.62. The predicted molar refractivity (Wildman–Crippen MR) is 133 cm³/mol. The number of rotatable bonds is 8. The number of carbonyl (C=O) groups excluding carboxylic acids is 3. The molecule has 2 aromatic rings. The van der Waals surface area contributed by atoms with E-state index in [0.29, 0.717) is 0 Å². The van der Waals surface area contributed by atoms with E-state index in [0.717, 1.165) is 60.8 Å². The third-order valence-corrected chi connectivity index (χ3v) is 6.93. The minimum absolute atomic E-state index is 0.0336. The van der Waals surface area contributed by atoms with E-state index in [2.05, 4.69) is 17.4 Å². The zero-order valence-corrected chi connectivity index (χ0v) is 20.0. The molecule has 1 atom stereocenters. The molecular formula is C28H34N2O5. The number of carbonyl (C=O) groups is 3. The molecule has 1 fully saturated rings. The number of hydrogen-bond donors (Lipinski definition) is 2. The second-order valence-corrected chi connectivity index (χ2v) is 9.43. The Balaban J connectivity index is 1.38. The zero-order valence-electron chi connectivity index (χ0n) is 20.0. The normalized spacial score (nSPS) is 16.8. The fourth-order valence-electron chi connectivity index (χ4n) is 5.10. The zero-order chi connectivity index (χ0) is 24.6. The molecule has 7 nitrogen and oxygen atoms in total. The highest BCUT2D eigenvalue weighted by Crippen LogP contribution is 2.44. The highest BCUT2D eigenvalue weighted by Gasteiger charge is 2.30. The largest absolute Gasteiger partial charge is 0.461 e. The van der Waals surface area contributed by atoms with Crippen LogP contribution in [0.3, 0.4) is 0 Å². The van der Waals surface area contributed by atoms with Gasteiger partial charge in [-0.2, -0.15) is 0 Å². The molecule has 0 spiro atoms. The summed E-state index contributed by atoms with van der Waals surface area (Å²) in [7, 11) is 0. The molecule has 2 amide bonds. The van der Waals surface area contributed by atoms with Crippen molar-refractivity contribution in [1.29, 1.82) is 0 Å². The molecule has 0 heterocycles. The van der Waals surface area contributed by atoms with Gasteiger partial charge in [-0.1, -0.05) is 67.8 Å². The van der Waals surface area contributed by atoms with Crippen molar-refractivity contribution < 1.29 is 23.9 Å². The van der Waals surface area contributed by atoms with Gasteiger partial charge >= 0.3 is 12.1 Å². The SMILES string of the molecule is NC(=O)CC[C@H](NC(=O)OCC1c2ccccc2-c2ccccc21)C(=O)OC1CCCCCCC1. The second kappa shape index (κ2) is 11.9. The molecule has 2 aliphatic rings. The summed E-state index contributed by atoms with van der Waals surface area (Å²) >= 11 is 0. The monoisotopic (exact) mass is 478 g/mol. The van der Waals surface area contributed by atoms with E-state index in [1.165, 1.54) is 6.42 Å². The van der Waals surface area contributed by atoms with Gasteiger partial charge in [0, 0.05) is 12.3 Å². The highest BCUT2D eigenvalue weighted by atomic mass is 16.6. The van der Waals surface area contributed by atoms with E-state index in [1.807, 2.05) is 36.4 Å². The van der Waals surface area contributed by atoms with Crippen LogP contribution in [-0.2, 0) is 19.1 Å². The lowest BCUT2D eigenvalue weighted by molar-refractivity contribution is -0.152. The average molecular weight is 479 g/mol. The third-order valence-electron chi connectivity index (χ3n) is 6.93. The Morgan fingerprint density at radius 3 is 2.06 bits per heavy atom. The Kier molecular flexibility index (Phi) is 8.40. The molecule has 0 aliphatic heterocycles. The van der Waals surface area contributed by atoms with Gasteiger partial charge in [0.15, 0.2) is 0 Å². The van der Waals surface area contributed by atoms with Gasteiger partial charge in [-0.25, -0.2) is 9.59 Å². The maximum atomic E-state index is 12.9. The minimum atomic E-state index is -0.983. The lowest BCUT2D eigenvalue weighted by atomic mass is 9.98. The molecular weight excluding hydrogens is 444 g/mol. The standard InChI is InChI=1S/C28H34N2O5/c29-26(31)17-16-25(27(32)35-19-10-4-2-1-3-5-11-19)30-28(33)34-18-24-22-14-8-6-12-20(22)21-13-7-9-15-23(21)24/h6-9,12-15,19,24-25H,1-5,10-11,16-18H2,(H2,29,31)(H,30,33)/t25-/m0/s1. The average Bonchev–Trinajstić information content (AvgIpc) is 3.15. The van der Waals surface area contributed by atoms with Gasteiger partial charge in [-0.15, -0.1) is 0 Å². The number of fused-ring (bicyclic) bond motifs is 3. The van der Waals surface area contributed by atoms with Gasteiger partial charge in [0.1, 0.15) is 18.8 Å². The quantitative estimate of drug-likeness (QED) is 0.529. The van der Waals surface area contributed by atoms with Gasteiger partial charge in [0.25, 0.3) is 0 Å². The van der Waals surface area contributed by atoms with Crippen LogP contribution in [0, 0.1) is 0 Å². The molecule has 0 bridgehead atoms. The summed E-state index contributed by atoms with van der Waals surface area (Å²) in [6.45, 7) is 0.139. The Hall–Kier alpha value is -3.35. The van der Waals surface area contributed by atoms with Crippen molar-refractivity contribution in [1.82, 2.24) is 5.32 Å². The van der Waals surface area contributed by atoms with Crippen LogP contribution in [0.25, 0.3) is 11.1 Å². The fourth-order valence-corrected chi connectivity index (χ4v) is 5.10. The number of primary amides is 1. The van der Waals surface area contributed by atoms with Crippen LogP contribution >= 0.6 is 0 Å². The van der Waals surface area contributed by atoms with Crippen LogP contribution in [0.4, 0.5) is 4.79 Å². The number of nitrogens with two attached hydrogens (primary N) is 1. The van der Waals surface area contributed by atoms with Crippen LogP contribution in [0.15, 0.2) is 48.5 Å². The van der Waals surface area contributed by atoms with Gasteiger partial charge in [-0.3, -0.25) is 4.79 Å². The third kappa shape index (κ3) is 6.41. The molecule has 0 saturated heterocycles. The topological polar surface area (TPSA) is 108 Å². The van der Waals surface area contributed by atoms with E-state index < -0.39 is 24.0 Å². The molecule has 35 heavy (non-hydrogen) atoms. The van der Waals surface area contributed by atoms with Gasteiger partial charge in [0.05, 0.1) is 0 Å². The van der Waals surface area contributed by atoms with Crippen molar-refractivity contribution in [3.8, 4) is 11.1 Å². The maximum Gasteiger partial charge on any atom is 0.407 e. The molecule has 4 rings (SSSR count). The first kappa shape index (κ1) is 24.8. The summed E-state index contributed by atoms with van der Waals surface area (Å²) in [5.41, 5.74) is 9.78. The number of benzene rings is 2. The number of esters is 1. The van der Waals surface area contributed by atoms with Crippen LogP contribution < -0.4 is 11.1 Å². The van der Waals surface area contributed by atoms with Crippen LogP contribution in [0.5, 0.6) is 0 Å². The van der Waals surface area contributed by atoms with E-state index >= 15 is 0 Å². The molecule has 2 aromatic carbocycles. The number of alkyl carbamates (subject to hydrolysis) is 1. The molecule has 7 heteroatoms. The Bertz CT molecular complexity index is 1000. The van der Waals surface area contributed by atoms with E-state index in [4.69, 9.17) is 15.2 Å². The smallest absolute Gasteiger partial charge is 0.407 e. The Morgan fingerprint density at radius 1 is 0.886 bits per heavy atom. The lowest BCUT2D eigenvalue weighted by Gasteiger charge is -2.24. The number of hydrogen-bond acceptors (Lipinski definition) is 5. The first-order chi connectivity index (χ1) is 17.0. The lowest BCUT2D eigenvalue weighted by Crippen LogP contribution is -2.44. The molecule has 0 unspecified atom stereocenters. The van der Waals surface area contributed by atoms with Crippen LogP contribution in [0.1, 0.15) is 74.8 Å². The molecule has 2 aliphatic carbocycles. The first-order valence-corrected chi connectivity index (χ1v) is 12.6. The maximum absolute atomic E-state index is 12.9. The van der Waals surface area contributed by atoms with Crippen molar-refractivity contribution in [2.45, 2.75) is 75.9 Å². The van der Waals surface area contributed by atoms with Crippen molar-refractivity contribution in [2.24, 2.45) is 5.73 Å². The number of nitrogens with one attached hydrogen (secondary N) is 1. The molecule has 1 saturated carbocycles. The van der Waals surface area contributed by atoms with E-state index in [9.17, 15) is 14.4 Å². The number of amides is 2. The van der Waals surface area contributed by atoms with Crippen LogP contribution in [0.2, 0.25) is 0 Å². The second-order valence-electron chi connectivity index (χ2n) is 9.43. The summed E-state index contributed by atoms with van der Waals surface area (Å²) in [6, 6.07) is 15.2. The summed E-state index contributed by atoms with van der Waals surface area (Å²) in [6.07, 6.45) is 6.32. The fraction of sp³-hybridized carbons (Fsp3) is 0.464. The summed E-state index contributed by atoms with van der Waals surface area (Å²) in [5.74, 6) is -1.16. The number of ether oxygens (including phenoxy) is 2. The Labute approximate surface area is 206 Å². The summed E-state index contributed by atoms with van der Waals surface area (Å²) in [4.78, 5) is 37.0. The van der Waals surface area contributed by atoms with Crippen LogP contribution in [-0.4, -0.2) is 36.7 Å². The minimum Gasteiger partial charge on any atom is -0.461 e. The first-order valence-electron chi connectivity index (χ1n) is 12.6. The summed E-state index contributed by atoms with van der Waals surface area (Å²) < 4.78 is 11.3. The Morgan fingerprint density at radius 2 is 1.46 bits per heavy atom. The predicted octanol–water partition coefficient (Wildman–Crippen LogP) is 4.82. The van der Waals surface area contributed by atoms with Gasteiger partial charge in [-0.05, 0) is 54.4 Å². The van der Waals surface area contributed by atoms with E-state index in [-0.39, 0.29) is 31.5 Å². The van der Waals surface area contributed by atoms with Crippen molar-refractivity contribution in [2.75, 3.05) is 6.61 Å². The molecule has 0 radical (unpaired) electrons. The van der Waals surface area contributed by atoms with Crippen molar-refractivity contribution in [3.05, 3.63) is 59.7 Å². The molecule has 0 aromatic heterocycles. The van der Waals surface area contributed by atoms with Crippen molar-refractivity contribution in [3.63, 3.8) is 0 Å². The molecule has 186 valence electrons. The van der Waals surface area contributed by atoms with Crippen molar-refractivity contribution >= 4 is 18.0 Å². The van der Waals surface area contributed by atoms with Gasteiger partial charge < -0.3 is 20.5 Å². The highest BCUT2D eigenvalue weighted by molar-refractivity contribution is 5.83. The van der Waals surface area contributed by atoms with Gasteiger partial charge in [0.2, 0.25) is 5.91 Å². The van der Waals surface area contributed by atoms with E-state index in [1.54, 1.807) is 0 Å².